The fourth-order valence-electron chi connectivity index (χ4n) is 2.05. The number of hydrogen-bond acceptors (Lipinski definition) is 3. The van der Waals surface area contributed by atoms with E-state index in [0.717, 1.165) is 51.1 Å². The van der Waals surface area contributed by atoms with Crippen LogP contribution in [0.25, 0.3) is 0 Å². The van der Waals surface area contributed by atoms with Gasteiger partial charge in [0.15, 0.2) is 0 Å². The number of methoxy groups -OCH3 is 1. The number of nitrogens with zero attached hydrogens (tertiary/aromatic N) is 2. The maximum Gasteiger partial charge on any atom is 0.0762 e. The third-order valence-electron chi connectivity index (χ3n) is 3.24. The second-order valence-electron chi connectivity index (χ2n) is 4.63. The van der Waals surface area contributed by atoms with Crippen molar-refractivity contribution in [1.82, 2.24) is 15.1 Å². The van der Waals surface area contributed by atoms with Crippen molar-refractivity contribution in [2.24, 2.45) is 0 Å². The topological polar surface area (TPSA) is 39.1 Å². The van der Waals surface area contributed by atoms with E-state index in [2.05, 4.69) is 41.2 Å². The van der Waals surface area contributed by atoms with E-state index < -0.39 is 0 Å². The van der Waals surface area contributed by atoms with Gasteiger partial charge < -0.3 is 10.1 Å². The molecule has 104 valence electrons. The Hall–Kier alpha value is -0.870. The molecule has 0 radical (unpaired) electrons. The summed E-state index contributed by atoms with van der Waals surface area (Å²) < 4.78 is 7.12. The minimum atomic E-state index is 0.542. The molecule has 18 heavy (non-hydrogen) atoms. The summed E-state index contributed by atoms with van der Waals surface area (Å²) in [6.07, 6.45) is 6.65. The van der Waals surface area contributed by atoms with Crippen LogP contribution in [0.1, 0.15) is 51.3 Å². The van der Waals surface area contributed by atoms with Crippen LogP contribution in [0, 0.1) is 0 Å². The molecule has 0 unspecified atom stereocenters. The predicted octanol–water partition coefficient (Wildman–Crippen LogP) is 2.76. The van der Waals surface area contributed by atoms with Crippen molar-refractivity contribution in [2.75, 3.05) is 20.3 Å². The van der Waals surface area contributed by atoms with E-state index in [1.54, 1.807) is 7.11 Å². The molecule has 0 fully saturated rings. The molecule has 0 amide bonds. The maximum absolute atomic E-state index is 5.02. The molecular formula is C14H27N3O. The van der Waals surface area contributed by atoms with E-state index in [4.69, 9.17) is 4.74 Å². The summed E-state index contributed by atoms with van der Waals surface area (Å²) in [4.78, 5) is 0. The van der Waals surface area contributed by atoms with Crippen LogP contribution in [0.15, 0.2) is 12.3 Å². The molecule has 4 heteroatoms. The summed E-state index contributed by atoms with van der Waals surface area (Å²) >= 11 is 0. The average molecular weight is 253 g/mol. The Morgan fingerprint density at radius 2 is 2.11 bits per heavy atom. The summed E-state index contributed by atoms with van der Waals surface area (Å²) in [6.45, 7) is 7.17. The van der Waals surface area contributed by atoms with Gasteiger partial charge in [0.25, 0.3) is 0 Å². The molecule has 0 atom stereocenters. The Morgan fingerprint density at radius 3 is 2.78 bits per heavy atom. The van der Waals surface area contributed by atoms with Crippen molar-refractivity contribution in [3.05, 3.63) is 18.0 Å². The molecule has 4 nitrogen and oxygen atoms in total. The Morgan fingerprint density at radius 1 is 1.33 bits per heavy atom. The molecule has 0 aliphatic carbocycles. The Balaban J connectivity index is 2.23. The van der Waals surface area contributed by atoms with E-state index in [9.17, 15) is 0 Å². The molecule has 1 rings (SSSR count). The van der Waals surface area contributed by atoms with Gasteiger partial charge in [0.05, 0.1) is 11.7 Å². The molecule has 0 aliphatic heterocycles. The maximum atomic E-state index is 5.02. The van der Waals surface area contributed by atoms with Gasteiger partial charge in [-0.2, -0.15) is 5.10 Å². The number of aromatic nitrogens is 2. The van der Waals surface area contributed by atoms with Crippen LogP contribution in [-0.4, -0.2) is 30.0 Å². The normalized spacial score (nSPS) is 11.3. The van der Waals surface area contributed by atoms with E-state index >= 15 is 0 Å². The van der Waals surface area contributed by atoms with Gasteiger partial charge >= 0.3 is 0 Å². The Labute approximate surface area is 111 Å². The smallest absolute Gasteiger partial charge is 0.0762 e. The number of hydrogen-bond donors (Lipinski definition) is 1. The zero-order valence-electron chi connectivity index (χ0n) is 12.0. The second kappa shape index (κ2) is 9.11. The highest BCUT2D eigenvalue weighted by Gasteiger charge is 2.07. The number of ether oxygens (including phenoxy) is 1. The third-order valence-corrected chi connectivity index (χ3v) is 3.24. The van der Waals surface area contributed by atoms with Gasteiger partial charge in [-0.05, 0) is 38.3 Å². The third kappa shape index (κ3) is 5.19. The van der Waals surface area contributed by atoms with Crippen LogP contribution in [0.5, 0.6) is 0 Å². The van der Waals surface area contributed by atoms with Gasteiger partial charge in [-0.3, -0.25) is 4.68 Å². The molecule has 0 aliphatic rings. The standard InChI is InChI=1S/C14H27N3O/c1-4-14(5-2)17-10-8-13(16-17)12-15-9-6-7-11-18-3/h8,10,14-15H,4-7,9,11-12H2,1-3H3. The fraction of sp³-hybridized carbons (Fsp3) is 0.786. The van der Waals surface area contributed by atoms with Crippen molar-refractivity contribution < 1.29 is 4.74 Å². The van der Waals surface area contributed by atoms with Crippen molar-refractivity contribution in [1.29, 1.82) is 0 Å². The lowest BCUT2D eigenvalue weighted by atomic mass is 10.2. The van der Waals surface area contributed by atoms with Crippen molar-refractivity contribution in [3.8, 4) is 0 Å². The fourth-order valence-corrected chi connectivity index (χ4v) is 2.05. The van der Waals surface area contributed by atoms with Crippen LogP contribution in [0.4, 0.5) is 0 Å². The zero-order valence-corrected chi connectivity index (χ0v) is 12.0. The first-order chi connectivity index (χ1) is 8.81. The molecule has 1 aromatic rings. The molecule has 1 heterocycles. The minimum absolute atomic E-state index is 0.542. The van der Waals surface area contributed by atoms with Crippen molar-refractivity contribution in [2.45, 2.75) is 52.1 Å². The highest BCUT2D eigenvalue weighted by Crippen LogP contribution is 2.14. The summed E-state index contributed by atoms with van der Waals surface area (Å²) in [5.41, 5.74) is 1.13. The quantitative estimate of drug-likeness (QED) is 0.652. The Kier molecular flexibility index (Phi) is 7.69. The monoisotopic (exact) mass is 253 g/mol. The molecule has 1 aromatic heterocycles. The summed E-state index contributed by atoms with van der Waals surface area (Å²) in [7, 11) is 1.75. The van der Waals surface area contributed by atoms with Crippen LogP contribution < -0.4 is 5.32 Å². The van der Waals surface area contributed by atoms with E-state index in [0.29, 0.717) is 6.04 Å². The van der Waals surface area contributed by atoms with Crippen LogP contribution in [-0.2, 0) is 11.3 Å². The number of nitrogens with one attached hydrogen (secondary N) is 1. The first kappa shape index (κ1) is 15.2. The highest BCUT2D eigenvalue weighted by atomic mass is 16.5. The lowest BCUT2D eigenvalue weighted by Gasteiger charge is -2.12. The van der Waals surface area contributed by atoms with Crippen LogP contribution in [0.2, 0.25) is 0 Å². The van der Waals surface area contributed by atoms with Gasteiger partial charge in [0.1, 0.15) is 0 Å². The molecule has 0 saturated carbocycles. The minimum Gasteiger partial charge on any atom is -0.385 e. The van der Waals surface area contributed by atoms with Crippen LogP contribution >= 0.6 is 0 Å². The molecular weight excluding hydrogens is 226 g/mol. The second-order valence-corrected chi connectivity index (χ2v) is 4.63. The van der Waals surface area contributed by atoms with Gasteiger partial charge in [-0.15, -0.1) is 0 Å². The number of unbranched alkanes of at least 4 members (excludes halogenated alkanes) is 1. The van der Waals surface area contributed by atoms with Crippen molar-refractivity contribution in [3.63, 3.8) is 0 Å². The van der Waals surface area contributed by atoms with Crippen LogP contribution in [0.3, 0.4) is 0 Å². The molecule has 0 bridgehead atoms. The summed E-state index contributed by atoms with van der Waals surface area (Å²) in [5.74, 6) is 0. The summed E-state index contributed by atoms with van der Waals surface area (Å²) in [5, 5.41) is 8.03. The first-order valence-corrected chi connectivity index (χ1v) is 7.05. The Bertz CT molecular complexity index is 308. The molecule has 0 spiro atoms. The van der Waals surface area contributed by atoms with Crippen molar-refractivity contribution >= 4 is 0 Å². The van der Waals surface area contributed by atoms with E-state index in [1.807, 2.05) is 0 Å². The molecule has 0 aromatic carbocycles. The SMILES string of the molecule is CCC(CC)n1ccc(CNCCCCOC)n1. The van der Waals surface area contributed by atoms with Gasteiger partial charge in [-0.1, -0.05) is 13.8 Å². The van der Waals surface area contributed by atoms with Gasteiger partial charge in [-0.25, -0.2) is 0 Å². The molecule has 1 N–H and O–H groups in total. The summed E-state index contributed by atoms with van der Waals surface area (Å²) in [6, 6.07) is 2.65. The van der Waals surface area contributed by atoms with E-state index in [1.165, 1.54) is 0 Å². The average Bonchev–Trinajstić information content (AvgIpc) is 2.84. The number of rotatable bonds is 10. The lowest BCUT2D eigenvalue weighted by molar-refractivity contribution is 0.192. The van der Waals surface area contributed by atoms with Gasteiger partial charge in [0, 0.05) is 26.5 Å². The predicted molar refractivity (Wildman–Crippen MR) is 74.7 cm³/mol. The van der Waals surface area contributed by atoms with Gasteiger partial charge in [0.2, 0.25) is 0 Å². The lowest BCUT2D eigenvalue weighted by Crippen LogP contribution is -2.16. The first-order valence-electron chi connectivity index (χ1n) is 7.05. The van der Waals surface area contributed by atoms with E-state index in [-0.39, 0.29) is 0 Å². The molecule has 0 saturated heterocycles. The zero-order chi connectivity index (χ0) is 13.2. The highest BCUT2D eigenvalue weighted by molar-refractivity contribution is 4.99. The largest absolute Gasteiger partial charge is 0.385 e.